The van der Waals surface area contributed by atoms with Gasteiger partial charge in [-0.15, -0.1) is 0 Å². The van der Waals surface area contributed by atoms with E-state index in [1.54, 1.807) is 6.33 Å². The third-order valence-corrected chi connectivity index (χ3v) is 4.23. The summed E-state index contributed by atoms with van der Waals surface area (Å²) in [5, 5.41) is 3.14. The topological polar surface area (TPSA) is 84.1 Å². The fourth-order valence-electron chi connectivity index (χ4n) is 2.98. The molecule has 2 heterocycles. The van der Waals surface area contributed by atoms with Crippen molar-refractivity contribution in [3.8, 4) is 0 Å². The highest BCUT2D eigenvalue weighted by atomic mass is 16.1. The first-order valence-corrected chi connectivity index (χ1v) is 7.54. The van der Waals surface area contributed by atoms with Gasteiger partial charge in [-0.3, -0.25) is 4.79 Å². The van der Waals surface area contributed by atoms with Gasteiger partial charge in [-0.25, -0.2) is 9.97 Å². The first-order valence-electron chi connectivity index (χ1n) is 7.54. The largest absolute Gasteiger partial charge is 0.373 e. The molecule has 1 aliphatic heterocycles. The van der Waals surface area contributed by atoms with Crippen molar-refractivity contribution in [1.82, 2.24) is 9.97 Å². The number of rotatable bonds is 4. The zero-order valence-corrected chi connectivity index (χ0v) is 13.3. The molecule has 0 aliphatic carbocycles. The van der Waals surface area contributed by atoms with E-state index in [2.05, 4.69) is 41.0 Å². The summed E-state index contributed by atoms with van der Waals surface area (Å²) in [5.41, 5.74) is 6.59. The molecule has 1 amide bonds. The van der Waals surface area contributed by atoms with Crippen molar-refractivity contribution in [2.24, 2.45) is 11.7 Å². The molecule has 116 valence electrons. The van der Waals surface area contributed by atoms with Gasteiger partial charge in [0, 0.05) is 25.2 Å². The maximum atomic E-state index is 11.5. The Morgan fingerprint density at radius 3 is 2.71 bits per heavy atom. The maximum absolute atomic E-state index is 11.5. The lowest BCUT2D eigenvalue weighted by Gasteiger charge is -2.39. The SMILES string of the molecule is CNc1ncnc(N2CC(C(N)=O)CCC2C)c1C(C)C. The monoisotopic (exact) mass is 291 g/mol. The van der Waals surface area contributed by atoms with Crippen molar-refractivity contribution < 1.29 is 4.79 Å². The normalized spacial score (nSPS) is 22.4. The van der Waals surface area contributed by atoms with E-state index in [9.17, 15) is 4.79 Å². The van der Waals surface area contributed by atoms with E-state index in [4.69, 9.17) is 5.73 Å². The van der Waals surface area contributed by atoms with Crippen molar-refractivity contribution in [2.45, 2.75) is 45.6 Å². The van der Waals surface area contributed by atoms with E-state index in [0.29, 0.717) is 18.5 Å². The van der Waals surface area contributed by atoms with Gasteiger partial charge < -0.3 is 16.0 Å². The van der Waals surface area contributed by atoms with Crippen LogP contribution in [-0.2, 0) is 4.79 Å². The molecule has 1 aromatic rings. The van der Waals surface area contributed by atoms with Gasteiger partial charge in [0.2, 0.25) is 5.91 Å². The number of anilines is 2. The van der Waals surface area contributed by atoms with Crippen LogP contribution in [0, 0.1) is 5.92 Å². The summed E-state index contributed by atoms with van der Waals surface area (Å²) in [5.74, 6) is 1.74. The van der Waals surface area contributed by atoms with Crippen molar-refractivity contribution >= 4 is 17.5 Å². The number of primary amides is 1. The fraction of sp³-hybridized carbons (Fsp3) is 0.667. The van der Waals surface area contributed by atoms with Gasteiger partial charge in [-0.1, -0.05) is 13.8 Å². The van der Waals surface area contributed by atoms with E-state index in [-0.39, 0.29) is 11.8 Å². The molecule has 0 aromatic carbocycles. The number of nitrogens with two attached hydrogens (primary N) is 1. The highest BCUT2D eigenvalue weighted by molar-refractivity contribution is 5.78. The molecule has 1 saturated heterocycles. The summed E-state index contributed by atoms with van der Waals surface area (Å²) in [6, 6.07) is 0.345. The zero-order chi connectivity index (χ0) is 15.6. The number of carbonyl (C=O) groups is 1. The Morgan fingerprint density at radius 2 is 2.14 bits per heavy atom. The predicted octanol–water partition coefficient (Wildman–Crippen LogP) is 1.73. The number of carbonyl (C=O) groups excluding carboxylic acids is 1. The lowest BCUT2D eigenvalue weighted by molar-refractivity contribution is -0.122. The van der Waals surface area contributed by atoms with Crippen LogP contribution >= 0.6 is 0 Å². The van der Waals surface area contributed by atoms with Crippen LogP contribution < -0.4 is 16.0 Å². The molecule has 0 spiro atoms. The molecular weight excluding hydrogens is 266 g/mol. The van der Waals surface area contributed by atoms with Crippen LogP contribution in [0.25, 0.3) is 0 Å². The second-order valence-corrected chi connectivity index (χ2v) is 6.04. The maximum Gasteiger partial charge on any atom is 0.222 e. The lowest BCUT2D eigenvalue weighted by Crippen LogP contribution is -2.46. The molecule has 6 nitrogen and oxygen atoms in total. The molecule has 2 rings (SSSR count). The Balaban J connectivity index is 2.41. The number of hydrogen-bond donors (Lipinski definition) is 2. The Hall–Kier alpha value is -1.85. The van der Waals surface area contributed by atoms with Crippen molar-refractivity contribution in [3.63, 3.8) is 0 Å². The molecule has 21 heavy (non-hydrogen) atoms. The second kappa shape index (κ2) is 6.28. The molecule has 1 fully saturated rings. The average molecular weight is 291 g/mol. The van der Waals surface area contributed by atoms with E-state index >= 15 is 0 Å². The minimum absolute atomic E-state index is 0.103. The van der Waals surface area contributed by atoms with Crippen LogP contribution in [0.15, 0.2) is 6.33 Å². The number of nitrogens with zero attached hydrogens (tertiary/aromatic N) is 3. The van der Waals surface area contributed by atoms with Crippen molar-refractivity contribution in [3.05, 3.63) is 11.9 Å². The second-order valence-electron chi connectivity index (χ2n) is 6.04. The van der Waals surface area contributed by atoms with Crippen LogP contribution in [0.4, 0.5) is 11.6 Å². The molecule has 1 aliphatic rings. The van der Waals surface area contributed by atoms with Gasteiger partial charge in [0.25, 0.3) is 0 Å². The smallest absolute Gasteiger partial charge is 0.222 e. The van der Waals surface area contributed by atoms with E-state index in [0.717, 1.165) is 30.0 Å². The summed E-state index contributed by atoms with van der Waals surface area (Å²) in [6.45, 7) is 7.06. The Labute approximate surface area is 126 Å². The number of amides is 1. The molecular formula is C15H25N5O. The number of aromatic nitrogens is 2. The van der Waals surface area contributed by atoms with Gasteiger partial charge >= 0.3 is 0 Å². The zero-order valence-electron chi connectivity index (χ0n) is 13.3. The average Bonchev–Trinajstić information content (AvgIpc) is 2.46. The Morgan fingerprint density at radius 1 is 1.43 bits per heavy atom. The number of hydrogen-bond acceptors (Lipinski definition) is 5. The first-order chi connectivity index (χ1) is 9.95. The molecule has 0 bridgehead atoms. The first kappa shape index (κ1) is 15.5. The van der Waals surface area contributed by atoms with Crippen LogP contribution in [0.2, 0.25) is 0 Å². The van der Waals surface area contributed by atoms with Gasteiger partial charge in [0.05, 0.1) is 5.92 Å². The van der Waals surface area contributed by atoms with Crippen LogP contribution in [-0.4, -0.2) is 35.5 Å². The minimum Gasteiger partial charge on any atom is -0.373 e. The quantitative estimate of drug-likeness (QED) is 0.882. The predicted molar refractivity (Wildman–Crippen MR) is 84.4 cm³/mol. The Kier molecular flexibility index (Phi) is 4.65. The summed E-state index contributed by atoms with van der Waals surface area (Å²) < 4.78 is 0. The third-order valence-electron chi connectivity index (χ3n) is 4.23. The van der Waals surface area contributed by atoms with Gasteiger partial charge in [0.1, 0.15) is 18.0 Å². The van der Waals surface area contributed by atoms with Gasteiger partial charge in [-0.05, 0) is 25.7 Å². The Bertz CT molecular complexity index is 517. The van der Waals surface area contributed by atoms with Gasteiger partial charge in [0.15, 0.2) is 0 Å². The van der Waals surface area contributed by atoms with E-state index < -0.39 is 0 Å². The van der Waals surface area contributed by atoms with Crippen molar-refractivity contribution in [2.75, 3.05) is 23.8 Å². The number of nitrogens with one attached hydrogen (secondary N) is 1. The van der Waals surface area contributed by atoms with E-state index in [1.807, 2.05) is 7.05 Å². The van der Waals surface area contributed by atoms with Crippen LogP contribution in [0.3, 0.4) is 0 Å². The molecule has 2 unspecified atom stereocenters. The molecule has 6 heteroatoms. The minimum atomic E-state index is -0.221. The summed E-state index contributed by atoms with van der Waals surface area (Å²) in [7, 11) is 1.86. The molecule has 3 N–H and O–H groups in total. The van der Waals surface area contributed by atoms with Gasteiger partial charge in [-0.2, -0.15) is 0 Å². The molecule has 2 atom stereocenters. The third kappa shape index (κ3) is 3.09. The standard InChI is InChI=1S/C15H25N5O/c1-9(2)12-14(17-4)18-8-19-15(12)20-7-11(13(16)21)6-5-10(20)3/h8-11H,5-7H2,1-4H3,(H2,16,21)(H,17,18,19). The summed E-state index contributed by atoms with van der Waals surface area (Å²) in [4.78, 5) is 22.5. The van der Waals surface area contributed by atoms with E-state index in [1.165, 1.54) is 0 Å². The summed E-state index contributed by atoms with van der Waals surface area (Å²) in [6.07, 6.45) is 3.38. The van der Waals surface area contributed by atoms with Crippen LogP contribution in [0.5, 0.6) is 0 Å². The lowest BCUT2D eigenvalue weighted by atomic mass is 9.92. The molecule has 0 radical (unpaired) electrons. The number of piperidine rings is 1. The molecule has 1 aromatic heterocycles. The highest BCUT2D eigenvalue weighted by Gasteiger charge is 2.31. The summed E-state index contributed by atoms with van der Waals surface area (Å²) >= 11 is 0. The highest BCUT2D eigenvalue weighted by Crippen LogP contribution is 2.34. The fourth-order valence-corrected chi connectivity index (χ4v) is 2.98. The van der Waals surface area contributed by atoms with Crippen molar-refractivity contribution in [1.29, 1.82) is 0 Å². The van der Waals surface area contributed by atoms with Crippen LogP contribution in [0.1, 0.15) is 45.1 Å². The molecule has 0 saturated carbocycles.